The lowest BCUT2D eigenvalue weighted by atomic mass is 9.96. The third kappa shape index (κ3) is 3.25. The van der Waals surface area contributed by atoms with E-state index in [2.05, 4.69) is 0 Å². The first-order valence-electron chi connectivity index (χ1n) is 7.89. The smallest absolute Gasteiger partial charge is 0.410 e. The van der Waals surface area contributed by atoms with Gasteiger partial charge in [-0.1, -0.05) is 6.07 Å². The van der Waals surface area contributed by atoms with Crippen molar-refractivity contribution in [3.05, 3.63) is 29.3 Å². The molecule has 0 saturated heterocycles. The summed E-state index contributed by atoms with van der Waals surface area (Å²) >= 11 is 0. The van der Waals surface area contributed by atoms with E-state index in [0.717, 1.165) is 24.8 Å². The van der Waals surface area contributed by atoms with Gasteiger partial charge in [0.25, 0.3) is 0 Å². The number of rotatable bonds is 2. The average molecular weight is 319 g/mol. The van der Waals surface area contributed by atoms with Gasteiger partial charge >= 0.3 is 12.1 Å². The van der Waals surface area contributed by atoms with E-state index in [1.54, 1.807) is 23.1 Å². The van der Waals surface area contributed by atoms with Crippen LogP contribution in [-0.4, -0.2) is 42.8 Å². The lowest BCUT2D eigenvalue weighted by Gasteiger charge is -2.31. The topological polar surface area (TPSA) is 65.1 Å². The summed E-state index contributed by atoms with van der Waals surface area (Å²) in [7, 11) is 1.34. The Bertz CT molecular complexity index is 611. The molecule has 0 aromatic heterocycles. The number of nitrogens with zero attached hydrogens (tertiary/aromatic N) is 1. The lowest BCUT2D eigenvalue weighted by molar-refractivity contribution is 0.0157. The van der Waals surface area contributed by atoms with Crippen LogP contribution in [0.25, 0.3) is 0 Å². The quantitative estimate of drug-likeness (QED) is 0.784. The van der Waals surface area contributed by atoms with Gasteiger partial charge in [0.15, 0.2) is 0 Å². The summed E-state index contributed by atoms with van der Waals surface area (Å²) in [5, 5.41) is 0. The van der Waals surface area contributed by atoms with E-state index in [9.17, 15) is 9.59 Å². The molecule has 1 saturated carbocycles. The minimum atomic E-state index is -0.407. The van der Waals surface area contributed by atoms with Gasteiger partial charge in [-0.2, -0.15) is 0 Å². The van der Waals surface area contributed by atoms with Crippen molar-refractivity contribution in [2.24, 2.45) is 0 Å². The first-order chi connectivity index (χ1) is 11.1. The molecule has 2 aliphatic rings. The molecule has 1 heterocycles. The Balaban J connectivity index is 1.77. The SMILES string of the molecule is COC(=O)c1ccc2c(c1)OC[C@H](C)N(C(=O)OC1CCC1)C2. The number of benzene rings is 1. The zero-order valence-corrected chi connectivity index (χ0v) is 13.4. The first kappa shape index (κ1) is 15.6. The van der Waals surface area contributed by atoms with Crippen LogP contribution < -0.4 is 4.74 Å². The molecule has 0 bridgehead atoms. The Morgan fingerprint density at radius 1 is 1.30 bits per heavy atom. The van der Waals surface area contributed by atoms with Crippen molar-refractivity contribution < 1.29 is 23.8 Å². The number of fused-ring (bicyclic) bond motifs is 1. The van der Waals surface area contributed by atoms with E-state index < -0.39 is 5.97 Å². The highest BCUT2D eigenvalue weighted by molar-refractivity contribution is 5.90. The van der Waals surface area contributed by atoms with Crippen LogP contribution in [0.1, 0.15) is 42.1 Å². The summed E-state index contributed by atoms with van der Waals surface area (Å²) < 4.78 is 16.0. The van der Waals surface area contributed by atoms with Crippen LogP contribution in [0.5, 0.6) is 5.75 Å². The molecule has 6 nitrogen and oxygen atoms in total. The molecule has 1 aromatic rings. The fraction of sp³-hybridized carbons (Fsp3) is 0.529. The van der Waals surface area contributed by atoms with Crippen molar-refractivity contribution in [1.82, 2.24) is 4.90 Å². The molecule has 0 unspecified atom stereocenters. The molecular formula is C17H21NO5. The highest BCUT2D eigenvalue weighted by Crippen LogP contribution is 2.28. The Morgan fingerprint density at radius 2 is 2.09 bits per heavy atom. The summed E-state index contributed by atoms with van der Waals surface area (Å²) in [4.78, 5) is 25.7. The summed E-state index contributed by atoms with van der Waals surface area (Å²) in [5.41, 5.74) is 1.29. The maximum atomic E-state index is 12.4. The number of esters is 1. The van der Waals surface area contributed by atoms with Crippen molar-refractivity contribution in [2.75, 3.05) is 13.7 Å². The lowest BCUT2D eigenvalue weighted by Crippen LogP contribution is -2.42. The summed E-state index contributed by atoms with van der Waals surface area (Å²) in [6.45, 7) is 2.69. The van der Waals surface area contributed by atoms with E-state index in [1.165, 1.54) is 7.11 Å². The normalized spacial score (nSPS) is 20.6. The Morgan fingerprint density at radius 3 is 2.74 bits per heavy atom. The third-order valence-corrected chi connectivity index (χ3v) is 4.40. The fourth-order valence-corrected chi connectivity index (χ4v) is 2.65. The monoisotopic (exact) mass is 319 g/mol. The third-order valence-electron chi connectivity index (χ3n) is 4.40. The van der Waals surface area contributed by atoms with Gasteiger partial charge < -0.3 is 14.2 Å². The minimum Gasteiger partial charge on any atom is -0.491 e. The van der Waals surface area contributed by atoms with Gasteiger partial charge in [-0.05, 0) is 38.3 Å². The molecular weight excluding hydrogens is 298 g/mol. The molecule has 3 rings (SSSR count). The van der Waals surface area contributed by atoms with E-state index >= 15 is 0 Å². The number of ether oxygens (including phenoxy) is 3. The number of methoxy groups -OCH3 is 1. The number of carbonyl (C=O) groups excluding carboxylic acids is 2. The van der Waals surface area contributed by atoms with E-state index in [4.69, 9.17) is 14.2 Å². The molecule has 1 amide bonds. The largest absolute Gasteiger partial charge is 0.491 e. The highest BCUT2D eigenvalue weighted by Gasteiger charge is 2.30. The molecule has 0 radical (unpaired) electrons. The van der Waals surface area contributed by atoms with Gasteiger partial charge in [0, 0.05) is 5.56 Å². The van der Waals surface area contributed by atoms with Gasteiger partial charge in [0.05, 0.1) is 25.3 Å². The molecule has 124 valence electrons. The maximum Gasteiger partial charge on any atom is 0.410 e. The van der Waals surface area contributed by atoms with E-state index in [-0.39, 0.29) is 18.2 Å². The second-order valence-corrected chi connectivity index (χ2v) is 6.04. The van der Waals surface area contributed by atoms with Gasteiger partial charge in [-0.25, -0.2) is 9.59 Å². The Kier molecular flexibility index (Phi) is 4.41. The van der Waals surface area contributed by atoms with Crippen LogP contribution in [0.3, 0.4) is 0 Å². The van der Waals surface area contributed by atoms with Crippen LogP contribution in [0.4, 0.5) is 4.79 Å². The van der Waals surface area contributed by atoms with Crippen LogP contribution in [0, 0.1) is 0 Å². The summed E-state index contributed by atoms with van der Waals surface area (Å²) in [6, 6.07) is 5.04. The van der Waals surface area contributed by atoms with Gasteiger partial charge in [-0.15, -0.1) is 0 Å². The number of carbonyl (C=O) groups is 2. The van der Waals surface area contributed by atoms with Crippen LogP contribution in [-0.2, 0) is 16.0 Å². The highest BCUT2D eigenvalue weighted by atomic mass is 16.6. The van der Waals surface area contributed by atoms with Gasteiger partial charge in [0.2, 0.25) is 0 Å². The first-order valence-corrected chi connectivity index (χ1v) is 7.89. The van der Waals surface area contributed by atoms with Crippen LogP contribution in [0.15, 0.2) is 18.2 Å². The van der Waals surface area contributed by atoms with Crippen molar-refractivity contribution in [3.63, 3.8) is 0 Å². The second-order valence-electron chi connectivity index (χ2n) is 6.04. The molecule has 1 aromatic carbocycles. The Labute approximate surface area is 135 Å². The summed E-state index contributed by atoms with van der Waals surface area (Å²) in [6.07, 6.45) is 2.78. The van der Waals surface area contributed by atoms with Crippen molar-refractivity contribution in [1.29, 1.82) is 0 Å². The zero-order valence-electron chi connectivity index (χ0n) is 13.4. The molecule has 0 spiro atoms. The molecule has 1 atom stereocenters. The minimum absolute atomic E-state index is 0.0556. The van der Waals surface area contributed by atoms with Crippen LogP contribution in [0.2, 0.25) is 0 Å². The predicted molar refractivity (Wildman–Crippen MR) is 82.4 cm³/mol. The van der Waals surface area contributed by atoms with Crippen molar-refractivity contribution >= 4 is 12.1 Å². The molecule has 23 heavy (non-hydrogen) atoms. The summed E-state index contributed by atoms with van der Waals surface area (Å²) in [5.74, 6) is 0.202. The van der Waals surface area contributed by atoms with Crippen LogP contribution >= 0.6 is 0 Å². The molecule has 0 N–H and O–H groups in total. The molecule has 1 aliphatic carbocycles. The van der Waals surface area contributed by atoms with Gasteiger partial charge in [-0.3, -0.25) is 4.90 Å². The van der Waals surface area contributed by atoms with E-state index in [1.807, 2.05) is 6.92 Å². The fourth-order valence-electron chi connectivity index (χ4n) is 2.65. The molecule has 1 fully saturated rings. The Hall–Kier alpha value is -2.24. The number of hydrogen-bond donors (Lipinski definition) is 0. The predicted octanol–water partition coefficient (Wildman–Crippen LogP) is 2.75. The van der Waals surface area contributed by atoms with Crippen molar-refractivity contribution in [3.8, 4) is 5.75 Å². The second kappa shape index (κ2) is 6.48. The molecule has 1 aliphatic heterocycles. The van der Waals surface area contributed by atoms with Gasteiger partial charge in [0.1, 0.15) is 18.5 Å². The number of amides is 1. The van der Waals surface area contributed by atoms with E-state index in [0.29, 0.717) is 24.5 Å². The maximum absolute atomic E-state index is 12.4. The number of hydrogen-bond acceptors (Lipinski definition) is 5. The van der Waals surface area contributed by atoms with Crippen molar-refractivity contribution in [2.45, 2.75) is 44.9 Å². The molecule has 6 heteroatoms. The standard InChI is InChI=1S/C17H21NO5/c1-11-10-22-15-8-12(16(19)21-2)6-7-13(15)9-18(11)17(20)23-14-4-3-5-14/h6-8,11,14H,3-5,9-10H2,1-2H3/t11-/m0/s1. The average Bonchev–Trinajstić information content (AvgIpc) is 2.69. The zero-order chi connectivity index (χ0) is 16.4.